The lowest BCUT2D eigenvalue weighted by Crippen LogP contribution is -2.46. The van der Waals surface area contributed by atoms with E-state index in [9.17, 15) is 9.59 Å². The second-order valence-electron chi connectivity index (χ2n) is 7.70. The standard InChI is InChI=1S/C23H29N3O2/c1-17-9-11-19(12-10-17)21(25(2)3)15-24-23(28)20-13-14-22(27)26(20)16-18-7-5-4-6-8-18/h4-12,20-21H,13-16H2,1-3H3,(H,24,28). The molecule has 2 atom stereocenters. The van der Waals surface area contributed by atoms with Crippen LogP contribution in [0.3, 0.4) is 0 Å². The van der Waals surface area contributed by atoms with Crippen molar-refractivity contribution < 1.29 is 9.59 Å². The number of benzene rings is 2. The molecule has 1 saturated heterocycles. The van der Waals surface area contributed by atoms with E-state index in [1.807, 2.05) is 44.4 Å². The molecular weight excluding hydrogens is 350 g/mol. The predicted molar refractivity (Wildman–Crippen MR) is 111 cm³/mol. The maximum absolute atomic E-state index is 12.9. The summed E-state index contributed by atoms with van der Waals surface area (Å²) in [6.07, 6.45) is 1.01. The van der Waals surface area contributed by atoms with Crippen LogP contribution in [-0.4, -0.2) is 48.3 Å². The summed E-state index contributed by atoms with van der Waals surface area (Å²) in [5.41, 5.74) is 3.42. The number of rotatable bonds is 7. The van der Waals surface area contributed by atoms with Crippen molar-refractivity contribution in [3.8, 4) is 0 Å². The summed E-state index contributed by atoms with van der Waals surface area (Å²) in [5, 5.41) is 3.08. The molecule has 2 unspecified atom stereocenters. The molecule has 1 aliphatic heterocycles. The zero-order valence-electron chi connectivity index (χ0n) is 16.9. The topological polar surface area (TPSA) is 52.7 Å². The van der Waals surface area contributed by atoms with Crippen LogP contribution in [-0.2, 0) is 16.1 Å². The SMILES string of the molecule is Cc1ccc(C(CNC(=O)C2CCC(=O)N2Cc2ccccc2)N(C)C)cc1. The van der Waals surface area contributed by atoms with E-state index in [4.69, 9.17) is 0 Å². The van der Waals surface area contributed by atoms with Crippen molar-refractivity contribution in [1.29, 1.82) is 0 Å². The minimum atomic E-state index is -0.395. The molecular formula is C23H29N3O2. The summed E-state index contributed by atoms with van der Waals surface area (Å²) in [6.45, 7) is 3.06. The van der Waals surface area contributed by atoms with Crippen molar-refractivity contribution in [3.63, 3.8) is 0 Å². The van der Waals surface area contributed by atoms with Gasteiger partial charge in [0.25, 0.3) is 0 Å². The molecule has 2 aromatic rings. The molecule has 0 radical (unpaired) electrons. The first kappa shape index (κ1) is 20.1. The average molecular weight is 380 g/mol. The number of hydrogen-bond acceptors (Lipinski definition) is 3. The van der Waals surface area contributed by atoms with Crippen LogP contribution in [0.2, 0.25) is 0 Å². The van der Waals surface area contributed by atoms with E-state index in [0.29, 0.717) is 25.9 Å². The normalized spacial score (nSPS) is 17.8. The van der Waals surface area contributed by atoms with Crippen LogP contribution in [0.15, 0.2) is 54.6 Å². The minimum Gasteiger partial charge on any atom is -0.352 e. The minimum absolute atomic E-state index is 0.0479. The fourth-order valence-electron chi connectivity index (χ4n) is 3.69. The lowest BCUT2D eigenvalue weighted by atomic mass is 10.0. The van der Waals surface area contributed by atoms with Crippen molar-refractivity contribution in [1.82, 2.24) is 15.1 Å². The third-order valence-corrected chi connectivity index (χ3v) is 5.38. The van der Waals surface area contributed by atoms with Crippen molar-refractivity contribution in [2.45, 2.75) is 38.4 Å². The van der Waals surface area contributed by atoms with E-state index in [0.717, 1.165) is 5.56 Å². The number of amides is 2. The van der Waals surface area contributed by atoms with Gasteiger partial charge in [-0.1, -0.05) is 60.2 Å². The molecule has 28 heavy (non-hydrogen) atoms. The van der Waals surface area contributed by atoms with Gasteiger partial charge in [-0.05, 0) is 38.6 Å². The first-order valence-corrected chi connectivity index (χ1v) is 9.80. The second kappa shape index (κ2) is 9.02. The van der Waals surface area contributed by atoms with Crippen LogP contribution < -0.4 is 5.32 Å². The Balaban J connectivity index is 1.65. The van der Waals surface area contributed by atoms with E-state index in [1.165, 1.54) is 11.1 Å². The highest BCUT2D eigenvalue weighted by atomic mass is 16.2. The molecule has 1 heterocycles. The second-order valence-corrected chi connectivity index (χ2v) is 7.70. The summed E-state index contributed by atoms with van der Waals surface area (Å²) in [4.78, 5) is 29.0. The smallest absolute Gasteiger partial charge is 0.242 e. The number of hydrogen-bond donors (Lipinski definition) is 1. The Morgan fingerprint density at radius 3 is 2.46 bits per heavy atom. The number of aryl methyl sites for hydroxylation is 1. The largest absolute Gasteiger partial charge is 0.352 e. The molecule has 3 rings (SSSR count). The van der Waals surface area contributed by atoms with Gasteiger partial charge >= 0.3 is 0 Å². The van der Waals surface area contributed by atoms with E-state index in [-0.39, 0.29) is 17.9 Å². The van der Waals surface area contributed by atoms with Gasteiger partial charge in [-0.3, -0.25) is 9.59 Å². The van der Waals surface area contributed by atoms with E-state index < -0.39 is 6.04 Å². The lowest BCUT2D eigenvalue weighted by molar-refractivity contribution is -0.135. The summed E-state index contributed by atoms with van der Waals surface area (Å²) in [6, 6.07) is 17.9. The quantitative estimate of drug-likeness (QED) is 0.805. The lowest BCUT2D eigenvalue weighted by Gasteiger charge is -2.28. The van der Waals surface area contributed by atoms with Crippen LogP contribution in [0.25, 0.3) is 0 Å². The van der Waals surface area contributed by atoms with E-state index in [2.05, 4.69) is 41.4 Å². The molecule has 1 fully saturated rings. The summed E-state index contributed by atoms with van der Waals surface area (Å²) >= 11 is 0. The molecule has 5 heteroatoms. The molecule has 0 saturated carbocycles. The third-order valence-electron chi connectivity index (χ3n) is 5.38. The summed E-state index contributed by atoms with van der Waals surface area (Å²) in [5.74, 6) is -0.0209. The molecule has 148 valence electrons. The van der Waals surface area contributed by atoms with Gasteiger partial charge in [-0.25, -0.2) is 0 Å². The summed E-state index contributed by atoms with van der Waals surface area (Å²) < 4.78 is 0. The highest BCUT2D eigenvalue weighted by Gasteiger charge is 2.36. The van der Waals surface area contributed by atoms with Gasteiger partial charge in [0.1, 0.15) is 6.04 Å². The number of nitrogens with zero attached hydrogens (tertiary/aromatic N) is 2. The molecule has 0 spiro atoms. The molecule has 2 amide bonds. The van der Waals surface area contributed by atoms with Gasteiger partial charge in [0.15, 0.2) is 0 Å². The zero-order valence-corrected chi connectivity index (χ0v) is 16.9. The van der Waals surface area contributed by atoms with E-state index >= 15 is 0 Å². The Morgan fingerprint density at radius 2 is 1.82 bits per heavy atom. The van der Waals surface area contributed by atoms with Gasteiger partial charge in [0.05, 0.1) is 6.04 Å². The Morgan fingerprint density at radius 1 is 1.14 bits per heavy atom. The monoisotopic (exact) mass is 379 g/mol. The van der Waals surface area contributed by atoms with Crippen LogP contribution >= 0.6 is 0 Å². The maximum Gasteiger partial charge on any atom is 0.242 e. The molecule has 0 bridgehead atoms. The molecule has 1 aliphatic rings. The number of carbonyl (C=O) groups is 2. The molecule has 1 N–H and O–H groups in total. The number of nitrogens with one attached hydrogen (secondary N) is 1. The fourth-order valence-corrected chi connectivity index (χ4v) is 3.69. The Kier molecular flexibility index (Phi) is 6.47. The first-order chi connectivity index (χ1) is 13.5. The highest BCUT2D eigenvalue weighted by molar-refractivity contribution is 5.90. The van der Waals surface area contributed by atoms with Crippen LogP contribution in [0.1, 0.15) is 35.6 Å². The number of carbonyl (C=O) groups excluding carboxylic acids is 2. The molecule has 5 nitrogen and oxygen atoms in total. The Bertz CT molecular complexity index is 802. The van der Waals surface area contributed by atoms with Gasteiger partial charge in [0, 0.05) is 19.5 Å². The van der Waals surface area contributed by atoms with Crippen LogP contribution in [0.5, 0.6) is 0 Å². The highest BCUT2D eigenvalue weighted by Crippen LogP contribution is 2.23. The zero-order chi connectivity index (χ0) is 20.1. The molecule has 0 aromatic heterocycles. The Labute approximate surface area is 167 Å². The average Bonchev–Trinajstić information content (AvgIpc) is 3.04. The van der Waals surface area contributed by atoms with Crippen molar-refractivity contribution in [2.24, 2.45) is 0 Å². The molecule has 0 aliphatic carbocycles. The number of likely N-dealkylation sites (tertiary alicyclic amines) is 1. The Hall–Kier alpha value is -2.66. The van der Waals surface area contributed by atoms with E-state index in [1.54, 1.807) is 4.90 Å². The first-order valence-electron chi connectivity index (χ1n) is 9.80. The van der Waals surface area contributed by atoms with Crippen molar-refractivity contribution >= 4 is 11.8 Å². The van der Waals surface area contributed by atoms with Gasteiger partial charge in [-0.15, -0.1) is 0 Å². The van der Waals surface area contributed by atoms with Crippen molar-refractivity contribution in [3.05, 3.63) is 71.3 Å². The van der Waals surface area contributed by atoms with Crippen LogP contribution in [0.4, 0.5) is 0 Å². The maximum atomic E-state index is 12.9. The fraction of sp³-hybridized carbons (Fsp3) is 0.391. The predicted octanol–water partition coefficient (Wildman–Crippen LogP) is 2.91. The number of likely N-dealkylation sites (N-methyl/N-ethyl adjacent to an activating group) is 1. The van der Waals surface area contributed by atoms with Gasteiger partial charge in [0.2, 0.25) is 11.8 Å². The van der Waals surface area contributed by atoms with Crippen molar-refractivity contribution in [2.75, 3.05) is 20.6 Å². The summed E-state index contributed by atoms with van der Waals surface area (Å²) in [7, 11) is 4.02. The van der Waals surface area contributed by atoms with Gasteiger partial charge < -0.3 is 15.1 Å². The molecule has 2 aromatic carbocycles. The van der Waals surface area contributed by atoms with Crippen LogP contribution in [0, 0.1) is 6.92 Å². The van der Waals surface area contributed by atoms with Gasteiger partial charge in [-0.2, -0.15) is 0 Å². The third kappa shape index (κ3) is 4.78.